The molecule has 0 atom stereocenters. The van der Waals surface area contributed by atoms with Crippen molar-refractivity contribution in [1.82, 2.24) is 10.2 Å². The van der Waals surface area contributed by atoms with E-state index in [-0.39, 0.29) is 24.8 Å². The van der Waals surface area contributed by atoms with Crippen LogP contribution in [0, 0.1) is 0 Å². The molecule has 0 spiro atoms. The fraction of sp³-hybridized carbons (Fsp3) is 0.316. The van der Waals surface area contributed by atoms with Gasteiger partial charge in [0, 0.05) is 37.5 Å². The molecule has 0 radical (unpaired) electrons. The molecule has 1 N–H and O–H groups in total. The van der Waals surface area contributed by atoms with Crippen molar-refractivity contribution in [3.05, 3.63) is 58.3 Å². The van der Waals surface area contributed by atoms with Gasteiger partial charge in [0.05, 0.1) is 0 Å². The zero-order valence-corrected chi connectivity index (χ0v) is 15.5. The minimum Gasteiger partial charge on any atom is -0.456 e. The third-order valence-electron chi connectivity index (χ3n) is 3.67. The average molecular weight is 374 g/mol. The van der Waals surface area contributed by atoms with Crippen LogP contribution in [0.1, 0.15) is 28.8 Å². The van der Waals surface area contributed by atoms with Crippen molar-refractivity contribution in [2.24, 2.45) is 0 Å². The van der Waals surface area contributed by atoms with Gasteiger partial charge in [-0.2, -0.15) is 11.3 Å². The van der Waals surface area contributed by atoms with Gasteiger partial charge in [-0.3, -0.25) is 14.4 Å². The van der Waals surface area contributed by atoms with E-state index in [0.717, 1.165) is 5.56 Å². The first-order chi connectivity index (χ1) is 12.6. The zero-order chi connectivity index (χ0) is 18.8. The number of thiophene rings is 1. The maximum atomic E-state index is 12.0. The molecular formula is C19H22N2O4S. The lowest BCUT2D eigenvalue weighted by Gasteiger charge is -2.17. The molecule has 1 aromatic carbocycles. The molecule has 0 unspecified atom stereocenters. The minimum absolute atomic E-state index is 0.152. The molecule has 2 aromatic rings. The third kappa shape index (κ3) is 6.68. The molecule has 26 heavy (non-hydrogen) atoms. The molecule has 2 rings (SSSR count). The lowest BCUT2D eigenvalue weighted by atomic mass is 10.2. The molecule has 1 aromatic heterocycles. The predicted octanol–water partition coefficient (Wildman–Crippen LogP) is 2.46. The van der Waals surface area contributed by atoms with Crippen LogP contribution >= 0.6 is 11.3 Å². The van der Waals surface area contributed by atoms with Gasteiger partial charge in [-0.15, -0.1) is 0 Å². The summed E-state index contributed by atoms with van der Waals surface area (Å²) in [7, 11) is 1.67. The summed E-state index contributed by atoms with van der Waals surface area (Å²) in [5, 5.41) is 6.33. The molecule has 0 bridgehead atoms. The van der Waals surface area contributed by atoms with Crippen LogP contribution in [-0.2, 0) is 20.9 Å². The van der Waals surface area contributed by atoms with E-state index in [2.05, 4.69) is 5.32 Å². The molecule has 0 aliphatic carbocycles. The molecule has 0 aliphatic heterocycles. The molecule has 7 heteroatoms. The number of esters is 1. The Morgan fingerprint density at radius 2 is 1.92 bits per heavy atom. The summed E-state index contributed by atoms with van der Waals surface area (Å²) < 4.78 is 5.00. The van der Waals surface area contributed by atoms with Crippen LogP contribution in [0.15, 0.2) is 47.2 Å². The van der Waals surface area contributed by atoms with Crippen LogP contribution in [0.5, 0.6) is 0 Å². The van der Waals surface area contributed by atoms with Crippen LogP contribution in [0.3, 0.4) is 0 Å². The highest BCUT2D eigenvalue weighted by atomic mass is 32.1. The number of likely N-dealkylation sites (N-methyl/N-ethyl adjacent to an activating group) is 1. The maximum absolute atomic E-state index is 12.0. The van der Waals surface area contributed by atoms with Gasteiger partial charge in [0.1, 0.15) is 0 Å². The van der Waals surface area contributed by atoms with Gasteiger partial charge in [0.2, 0.25) is 0 Å². The Morgan fingerprint density at radius 3 is 2.62 bits per heavy atom. The highest BCUT2D eigenvalue weighted by Crippen LogP contribution is 2.05. The van der Waals surface area contributed by atoms with Crippen molar-refractivity contribution < 1.29 is 19.1 Å². The zero-order valence-electron chi connectivity index (χ0n) is 14.6. The number of carbonyl (C=O) groups excluding carboxylic acids is 3. The topological polar surface area (TPSA) is 75.7 Å². The van der Waals surface area contributed by atoms with E-state index in [9.17, 15) is 14.4 Å². The molecule has 6 nitrogen and oxygen atoms in total. The molecule has 0 saturated carbocycles. The normalized spacial score (nSPS) is 10.2. The van der Waals surface area contributed by atoms with Crippen molar-refractivity contribution in [1.29, 1.82) is 0 Å². The monoisotopic (exact) mass is 374 g/mol. The summed E-state index contributed by atoms with van der Waals surface area (Å²) in [5.74, 6) is -0.860. The van der Waals surface area contributed by atoms with Gasteiger partial charge in [0.25, 0.3) is 11.8 Å². The molecule has 0 saturated heterocycles. The van der Waals surface area contributed by atoms with Crippen molar-refractivity contribution in [2.75, 3.05) is 20.2 Å². The van der Waals surface area contributed by atoms with E-state index in [1.807, 2.05) is 35.7 Å². The number of hydrogen-bond acceptors (Lipinski definition) is 5. The average Bonchev–Trinajstić information content (AvgIpc) is 3.18. The van der Waals surface area contributed by atoms with Gasteiger partial charge in [0.15, 0.2) is 6.61 Å². The van der Waals surface area contributed by atoms with Gasteiger partial charge in [-0.25, -0.2) is 0 Å². The van der Waals surface area contributed by atoms with E-state index in [4.69, 9.17) is 4.74 Å². The number of nitrogens with zero attached hydrogens (tertiary/aromatic N) is 1. The Morgan fingerprint density at radius 1 is 1.15 bits per heavy atom. The minimum atomic E-state index is -0.448. The number of hydrogen-bond donors (Lipinski definition) is 1. The number of benzene rings is 1. The lowest BCUT2D eigenvalue weighted by molar-refractivity contribution is -0.151. The molecule has 0 fully saturated rings. The Bertz CT molecular complexity index is 716. The number of carbonyl (C=O) groups is 3. The number of ether oxygens (including phenoxy) is 1. The van der Waals surface area contributed by atoms with Crippen LogP contribution in [0.4, 0.5) is 0 Å². The van der Waals surface area contributed by atoms with Gasteiger partial charge < -0.3 is 15.0 Å². The molecule has 0 aliphatic rings. The Balaban J connectivity index is 1.59. The molecule has 138 valence electrons. The molecule has 1 heterocycles. The van der Waals surface area contributed by atoms with E-state index in [1.54, 1.807) is 18.5 Å². The van der Waals surface area contributed by atoms with E-state index < -0.39 is 5.97 Å². The fourth-order valence-electron chi connectivity index (χ4n) is 2.20. The SMILES string of the molecule is CN(Cc1ccccc1)C(=O)COC(=O)CCCNC(=O)c1ccsc1. The number of amides is 2. The number of rotatable bonds is 9. The highest BCUT2D eigenvalue weighted by Gasteiger charge is 2.12. The van der Waals surface area contributed by atoms with E-state index >= 15 is 0 Å². The predicted molar refractivity (Wildman–Crippen MR) is 99.8 cm³/mol. The van der Waals surface area contributed by atoms with Gasteiger partial charge in [-0.05, 0) is 23.4 Å². The third-order valence-corrected chi connectivity index (χ3v) is 4.35. The van der Waals surface area contributed by atoms with Gasteiger partial charge in [-0.1, -0.05) is 30.3 Å². The summed E-state index contributed by atoms with van der Waals surface area (Å²) in [6, 6.07) is 11.3. The van der Waals surface area contributed by atoms with Crippen molar-refractivity contribution in [2.45, 2.75) is 19.4 Å². The van der Waals surface area contributed by atoms with Crippen LogP contribution in [-0.4, -0.2) is 42.9 Å². The van der Waals surface area contributed by atoms with Crippen LogP contribution in [0.25, 0.3) is 0 Å². The smallest absolute Gasteiger partial charge is 0.306 e. The van der Waals surface area contributed by atoms with E-state index in [1.165, 1.54) is 16.2 Å². The standard InChI is InChI=1S/C19H22N2O4S/c1-21(12-15-6-3-2-4-7-15)17(22)13-25-18(23)8-5-10-20-19(24)16-9-11-26-14-16/h2-4,6-7,9,11,14H,5,8,10,12-13H2,1H3,(H,20,24). The maximum Gasteiger partial charge on any atom is 0.306 e. The second-order valence-corrected chi connectivity index (χ2v) is 6.55. The summed E-state index contributed by atoms with van der Waals surface area (Å²) in [5.41, 5.74) is 1.63. The molecular weight excluding hydrogens is 352 g/mol. The van der Waals surface area contributed by atoms with Crippen LogP contribution in [0.2, 0.25) is 0 Å². The summed E-state index contributed by atoms with van der Waals surface area (Å²) in [6.07, 6.45) is 0.613. The Kier molecular flexibility index (Phi) is 7.82. The van der Waals surface area contributed by atoms with Crippen molar-refractivity contribution >= 4 is 29.1 Å². The second-order valence-electron chi connectivity index (χ2n) is 5.77. The highest BCUT2D eigenvalue weighted by molar-refractivity contribution is 7.08. The summed E-state index contributed by atoms with van der Waals surface area (Å²) in [4.78, 5) is 36.9. The van der Waals surface area contributed by atoms with Crippen molar-refractivity contribution in [3.8, 4) is 0 Å². The fourth-order valence-corrected chi connectivity index (χ4v) is 2.84. The van der Waals surface area contributed by atoms with E-state index in [0.29, 0.717) is 25.1 Å². The molecule has 2 amide bonds. The van der Waals surface area contributed by atoms with Crippen LogP contribution < -0.4 is 5.32 Å². The number of nitrogens with one attached hydrogen (secondary N) is 1. The first kappa shape index (κ1) is 19.7. The lowest BCUT2D eigenvalue weighted by Crippen LogP contribution is -2.31. The Labute approximate surface area is 156 Å². The van der Waals surface area contributed by atoms with Crippen molar-refractivity contribution in [3.63, 3.8) is 0 Å². The first-order valence-corrected chi connectivity index (χ1v) is 9.24. The second kappa shape index (κ2) is 10.4. The summed E-state index contributed by atoms with van der Waals surface area (Å²) >= 11 is 1.45. The first-order valence-electron chi connectivity index (χ1n) is 8.30. The summed E-state index contributed by atoms with van der Waals surface area (Å²) in [6.45, 7) is 0.570. The Hall–Kier alpha value is -2.67. The quantitative estimate of drug-likeness (QED) is 0.540. The largest absolute Gasteiger partial charge is 0.456 e. The van der Waals surface area contributed by atoms with Gasteiger partial charge >= 0.3 is 5.97 Å².